The first-order valence-corrected chi connectivity index (χ1v) is 4.66. The number of non-ortho nitro benzene ring substituents is 1. The molecule has 2 aromatic rings. The van der Waals surface area contributed by atoms with Crippen LogP contribution in [0.5, 0.6) is 0 Å². The lowest BCUT2D eigenvalue weighted by atomic mass is 10.3. The van der Waals surface area contributed by atoms with E-state index in [0.29, 0.717) is 16.9 Å². The van der Waals surface area contributed by atoms with Gasteiger partial charge in [-0.3, -0.25) is 10.1 Å². The number of carbonyl (C=O) groups is 1. The Morgan fingerprint density at radius 2 is 2.35 bits per heavy atom. The van der Waals surface area contributed by atoms with E-state index < -0.39 is 11.0 Å². The predicted octanol–water partition coefficient (Wildman–Crippen LogP) is 1.24. The van der Waals surface area contributed by atoms with Gasteiger partial charge in [-0.2, -0.15) is 0 Å². The molecule has 2 rings (SSSR count). The van der Waals surface area contributed by atoms with E-state index in [9.17, 15) is 14.9 Å². The smallest absolute Gasteiger partial charge is 0.405 e. The Labute approximate surface area is 94.4 Å². The molecule has 1 amide bonds. The van der Waals surface area contributed by atoms with E-state index in [1.54, 1.807) is 0 Å². The van der Waals surface area contributed by atoms with E-state index in [-0.39, 0.29) is 12.2 Å². The number of hydrogen-bond acceptors (Lipinski definition) is 4. The number of H-pyrrole nitrogens is 1. The lowest BCUT2D eigenvalue weighted by Gasteiger charge is -1.94. The third-order valence-electron chi connectivity index (χ3n) is 2.13. The highest BCUT2D eigenvalue weighted by Gasteiger charge is 2.09. The summed E-state index contributed by atoms with van der Waals surface area (Å²) in [4.78, 5) is 27.2. The number of benzene rings is 1. The Bertz CT molecular complexity index is 592. The summed E-state index contributed by atoms with van der Waals surface area (Å²) in [6, 6.07) is 4.21. The summed E-state index contributed by atoms with van der Waals surface area (Å²) < 4.78 is 0. The number of nitrogens with zero attached hydrogens (tertiary/aromatic N) is 2. The minimum absolute atomic E-state index is 0.0256. The lowest BCUT2D eigenvalue weighted by molar-refractivity contribution is -0.384. The fraction of sp³-hybridized carbons (Fsp3) is 0.111. The maximum atomic E-state index is 10.5. The first-order chi connectivity index (χ1) is 8.06. The van der Waals surface area contributed by atoms with Gasteiger partial charge in [0.1, 0.15) is 5.82 Å². The van der Waals surface area contributed by atoms with Gasteiger partial charge in [-0.25, -0.2) is 9.78 Å². The van der Waals surface area contributed by atoms with Crippen molar-refractivity contribution in [1.82, 2.24) is 15.3 Å². The number of aromatic amines is 1. The number of imidazole rings is 1. The number of fused-ring (bicyclic) bond motifs is 1. The van der Waals surface area contributed by atoms with Crippen molar-refractivity contribution in [2.45, 2.75) is 6.54 Å². The quantitative estimate of drug-likeness (QED) is 0.546. The molecule has 1 aromatic heterocycles. The number of hydrogen-bond donors (Lipinski definition) is 3. The summed E-state index contributed by atoms with van der Waals surface area (Å²) in [6.07, 6.45) is -1.16. The van der Waals surface area contributed by atoms with Crippen LogP contribution in [0.1, 0.15) is 5.82 Å². The Hall–Kier alpha value is -2.64. The zero-order valence-corrected chi connectivity index (χ0v) is 8.51. The molecule has 1 heterocycles. The molecule has 8 nitrogen and oxygen atoms in total. The minimum atomic E-state index is -1.16. The second-order valence-corrected chi connectivity index (χ2v) is 3.30. The molecule has 1 aromatic carbocycles. The van der Waals surface area contributed by atoms with E-state index >= 15 is 0 Å². The number of carboxylic acid groups (broad SMARTS) is 1. The molecule has 3 N–H and O–H groups in total. The summed E-state index contributed by atoms with van der Waals surface area (Å²) >= 11 is 0. The van der Waals surface area contributed by atoms with E-state index in [1.165, 1.54) is 18.2 Å². The van der Waals surface area contributed by atoms with Crippen molar-refractivity contribution in [3.8, 4) is 0 Å². The van der Waals surface area contributed by atoms with Gasteiger partial charge in [-0.15, -0.1) is 0 Å². The van der Waals surface area contributed by atoms with Crippen LogP contribution in [0.2, 0.25) is 0 Å². The standard InChI is InChI=1S/C9H8N4O4/c14-9(15)10-4-8-11-6-2-1-5(13(16)17)3-7(6)12-8/h1-3,10H,4H2,(H,11,12)(H,14,15). The van der Waals surface area contributed by atoms with Gasteiger partial charge >= 0.3 is 6.09 Å². The molecule has 0 aliphatic rings. The summed E-state index contributed by atoms with van der Waals surface area (Å²) in [6.45, 7) is 0.0256. The number of nitro groups is 1. The van der Waals surface area contributed by atoms with Crippen molar-refractivity contribution in [1.29, 1.82) is 0 Å². The molecular weight excluding hydrogens is 228 g/mol. The highest BCUT2D eigenvalue weighted by molar-refractivity contribution is 5.77. The summed E-state index contributed by atoms with van der Waals surface area (Å²) in [7, 11) is 0. The molecule has 0 bridgehead atoms. The van der Waals surface area contributed by atoms with Crippen LogP contribution in [0.3, 0.4) is 0 Å². The summed E-state index contributed by atoms with van der Waals surface area (Å²) in [5.41, 5.74) is 1.01. The molecule has 0 radical (unpaired) electrons. The van der Waals surface area contributed by atoms with Crippen molar-refractivity contribution in [3.63, 3.8) is 0 Å². The Kier molecular flexibility index (Phi) is 2.61. The Morgan fingerprint density at radius 1 is 1.59 bits per heavy atom. The fourth-order valence-corrected chi connectivity index (χ4v) is 1.41. The van der Waals surface area contributed by atoms with Gasteiger partial charge in [0.05, 0.1) is 22.5 Å². The van der Waals surface area contributed by atoms with Crippen molar-refractivity contribution < 1.29 is 14.8 Å². The zero-order chi connectivity index (χ0) is 12.4. The van der Waals surface area contributed by atoms with E-state index in [4.69, 9.17) is 5.11 Å². The number of rotatable bonds is 3. The van der Waals surface area contributed by atoms with Gasteiger partial charge in [-0.05, 0) is 6.07 Å². The molecule has 0 spiro atoms. The second kappa shape index (κ2) is 4.08. The van der Waals surface area contributed by atoms with Crippen LogP contribution < -0.4 is 5.32 Å². The molecule has 88 valence electrons. The van der Waals surface area contributed by atoms with Crippen molar-refractivity contribution in [3.05, 3.63) is 34.1 Å². The van der Waals surface area contributed by atoms with Crippen molar-refractivity contribution in [2.24, 2.45) is 0 Å². The fourth-order valence-electron chi connectivity index (χ4n) is 1.41. The van der Waals surface area contributed by atoms with Crippen LogP contribution >= 0.6 is 0 Å². The monoisotopic (exact) mass is 236 g/mol. The van der Waals surface area contributed by atoms with Crippen LogP contribution in [0, 0.1) is 10.1 Å². The van der Waals surface area contributed by atoms with E-state index in [2.05, 4.69) is 15.3 Å². The maximum Gasteiger partial charge on any atom is 0.405 e. The average molecular weight is 236 g/mol. The minimum Gasteiger partial charge on any atom is -0.465 e. The number of amides is 1. The summed E-state index contributed by atoms with van der Waals surface area (Å²) in [5.74, 6) is 0.405. The maximum absolute atomic E-state index is 10.5. The van der Waals surface area contributed by atoms with Gasteiger partial charge < -0.3 is 15.4 Å². The van der Waals surface area contributed by atoms with Crippen LogP contribution in [0.15, 0.2) is 18.2 Å². The number of nitrogens with one attached hydrogen (secondary N) is 2. The van der Waals surface area contributed by atoms with Crippen LogP contribution in [0.25, 0.3) is 11.0 Å². The van der Waals surface area contributed by atoms with Gasteiger partial charge in [0, 0.05) is 12.1 Å². The molecular formula is C9H8N4O4. The molecule has 0 atom stereocenters. The lowest BCUT2D eigenvalue weighted by Crippen LogP contribution is -2.20. The largest absolute Gasteiger partial charge is 0.465 e. The third-order valence-corrected chi connectivity index (χ3v) is 2.13. The van der Waals surface area contributed by atoms with E-state index in [0.717, 1.165) is 0 Å². The van der Waals surface area contributed by atoms with Gasteiger partial charge in [-0.1, -0.05) is 0 Å². The molecule has 0 aliphatic heterocycles. The highest BCUT2D eigenvalue weighted by atomic mass is 16.6. The van der Waals surface area contributed by atoms with Gasteiger partial charge in [0.2, 0.25) is 0 Å². The Balaban J connectivity index is 2.30. The van der Waals surface area contributed by atoms with Crippen LogP contribution in [-0.4, -0.2) is 26.1 Å². The van der Waals surface area contributed by atoms with Gasteiger partial charge in [0.15, 0.2) is 0 Å². The molecule has 0 unspecified atom stereocenters. The van der Waals surface area contributed by atoms with Gasteiger partial charge in [0.25, 0.3) is 5.69 Å². The first kappa shape index (κ1) is 10.9. The molecule has 0 aliphatic carbocycles. The zero-order valence-electron chi connectivity index (χ0n) is 8.51. The van der Waals surface area contributed by atoms with Crippen molar-refractivity contribution in [2.75, 3.05) is 0 Å². The molecule has 8 heteroatoms. The third kappa shape index (κ3) is 2.30. The number of nitro benzene ring substituents is 1. The van der Waals surface area contributed by atoms with Crippen molar-refractivity contribution >= 4 is 22.8 Å². The normalized spacial score (nSPS) is 10.4. The molecule has 0 saturated heterocycles. The van der Waals surface area contributed by atoms with E-state index in [1.807, 2.05) is 0 Å². The average Bonchev–Trinajstić information content (AvgIpc) is 2.67. The topological polar surface area (TPSA) is 121 Å². The second-order valence-electron chi connectivity index (χ2n) is 3.30. The molecule has 0 fully saturated rings. The number of aromatic nitrogens is 2. The van der Waals surface area contributed by atoms with Crippen LogP contribution in [-0.2, 0) is 6.54 Å². The first-order valence-electron chi connectivity index (χ1n) is 4.66. The molecule has 17 heavy (non-hydrogen) atoms. The van der Waals surface area contributed by atoms with Crippen LogP contribution in [0.4, 0.5) is 10.5 Å². The highest BCUT2D eigenvalue weighted by Crippen LogP contribution is 2.18. The molecule has 0 saturated carbocycles. The summed E-state index contributed by atoms with van der Waals surface area (Å²) in [5, 5.41) is 21.1. The predicted molar refractivity (Wildman–Crippen MR) is 57.6 cm³/mol. The SMILES string of the molecule is O=C(O)NCc1nc2ccc([N+](=O)[O-])cc2[nH]1. The Morgan fingerprint density at radius 3 is 3.00 bits per heavy atom.